The van der Waals surface area contributed by atoms with Gasteiger partial charge in [0.2, 0.25) is 10.0 Å². The minimum absolute atomic E-state index is 0.142. The second-order valence-electron chi connectivity index (χ2n) is 3.21. The van der Waals surface area contributed by atoms with Gasteiger partial charge in [0.25, 0.3) is 5.69 Å². The fourth-order valence-corrected chi connectivity index (χ4v) is 1.69. The molecule has 0 unspecified atom stereocenters. The second-order valence-corrected chi connectivity index (χ2v) is 4.77. The highest BCUT2D eigenvalue weighted by Crippen LogP contribution is 2.26. The number of hydrogen-bond acceptors (Lipinski definition) is 7. The summed E-state index contributed by atoms with van der Waals surface area (Å²) in [5.74, 6) is -1.46. The fraction of sp³-hybridized carbons (Fsp3) is 0.125. The largest absolute Gasteiger partial charge is 0.548 e. The minimum atomic E-state index is -4.07. The van der Waals surface area contributed by atoms with Gasteiger partial charge in [0.15, 0.2) is 0 Å². The van der Waals surface area contributed by atoms with Crippen LogP contribution < -0.4 is 15.6 Å². The Hall–Kier alpha value is -2.20. The van der Waals surface area contributed by atoms with Crippen LogP contribution >= 0.6 is 0 Å². The number of benzene rings is 1. The van der Waals surface area contributed by atoms with Crippen molar-refractivity contribution in [2.45, 2.75) is 4.90 Å². The molecular formula is C8H8N3O6S-. The fourth-order valence-electron chi connectivity index (χ4n) is 1.16. The lowest BCUT2D eigenvalue weighted by Gasteiger charge is -2.08. The molecular weight excluding hydrogens is 266 g/mol. The van der Waals surface area contributed by atoms with Gasteiger partial charge in [-0.3, -0.25) is 10.1 Å². The van der Waals surface area contributed by atoms with E-state index in [-0.39, 0.29) is 5.69 Å². The first-order valence-corrected chi connectivity index (χ1v) is 6.01. The molecule has 3 N–H and O–H groups in total. The molecule has 0 bridgehead atoms. The van der Waals surface area contributed by atoms with Gasteiger partial charge in [-0.15, -0.1) is 0 Å². The quantitative estimate of drug-likeness (QED) is 0.483. The molecule has 0 saturated heterocycles. The van der Waals surface area contributed by atoms with Crippen LogP contribution in [-0.4, -0.2) is 25.9 Å². The van der Waals surface area contributed by atoms with Crippen molar-refractivity contribution in [3.05, 3.63) is 28.3 Å². The highest BCUT2D eigenvalue weighted by atomic mass is 32.2. The van der Waals surface area contributed by atoms with Crippen molar-refractivity contribution in [2.75, 3.05) is 11.9 Å². The van der Waals surface area contributed by atoms with E-state index in [4.69, 9.17) is 5.14 Å². The Morgan fingerprint density at radius 2 is 2.06 bits per heavy atom. The number of nitrogens with two attached hydrogens (primary N) is 1. The Morgan fingerprint density at radius 3 is 2.50 bits per heavy atom. The van der Waals surface area contributed by atoms with E-state index < -0.39 is 38.0 Å². The van der Waals surface area contributed by atoms with Crippen molar-refractivity contribution in [1.29, 1.82) is 0 Å². The molecule has 98 valence electrons. The smallest absolute Gasteiger partial charge is 0.293 e. The molecule has 10 heteroatoms. The summed E-state index contributed by atoms with van der Waals surface area (Å²) in [5.41, 5.74) is -0.737. The first-order chi connectivity index (χ1) is 8.21. The number of carboxylic acid groups (broad SMARTS) is 1. The van der Waals surface area contributed by atoms with Crippen LogP contribution in [0.4, 0.5) is 11.4 Å². The van der Waals surface area contributed by atoms with E-state index in [1.54, 1.807) is 0 Å². The van der Waals surface area contributed by atoms with Crippen molar-refractivity contribution in [2.24, 2.45) is 5.14 Å². The topological polar surface area (TPSA) is 155 Å². The van der Waals surface area contributed by atoms with Gasteiger partial charge < -0.3 is 15.2 Å². The number of anilines is 1. The number of carbonyl (C=O) groups excluding carboxylic acids is 1. The van der Waals surface area contributed by atoms with Gasteiger partial charge in [-0.2, -0.15) is 0 Å². The molecule has 0 fully saturated rings. The van der Waals surface area contributed by atoms with Crippen LogP contribution in [0.3, 0.4) is 0 Å². The molecule has 0 atom stereocenters. The van der Waals surface area contributed by atoms with Gasteiger partial charge in [-0.05, 0) is 12.1 Å². The predicted octanol–water partition coefficient (Wildman–Crippen LogP) is -1.60. The average molecular weight is 274 g/mol. The zero-order valence-electron chi connectivity index (χ0n) is 8.82. The normalized spacial score (nSPS) is 10.9. The van der Waals surface area contributed by atoms with E-state index in [2.05, 4.69) is 5.32 Å². The van der Waals surface area contributed by atoms with E-state index in [1.165, 1.54) is 0 Å². The molecule has 0 heterocycles. The molecule has 1 rings (SSSR count). The number of carbonyl (C=O) groups is 1. The van der Waals surface area contributed by atoms with Gasteiger partial charge in [-0.25, -0.2) is 13.6 Å². The molecule has 0 aliphatic carbocycles. The first kappa shape index (κ1) is 13.9. The summed E-state index contributed by atoms with van der Waals surface area (Å²) < 4.78 is 22.0. The number of carboxylic acids is 1. The Labute approximate surface area is 101 Å². The first-order valence-electron chi connectivity index (χ1n) is 4.47. The Kier molecular flexibility index (Phi) is 3.83. The molecule has 0 aromatic heterocycles. The van der Waals surface area contributed by atoms with Crippen molar-refractivity contribution in [3.63, 3.8) is 0 Å². The summed E-state index contributed by atoms with van der Waals surface area (Å²) in [6, 6.07) is 2.83. The number of hydrogen-bond donors (Lipinski definition) is 2. The average Bonchev–Trinajstić information content (AvgIpc) is 2.24. The third-order valence-electron chi connectivity index (χ3n) is 1.92. The second kappa shape index (κ2) is 4.98. The maximum Gasteiger partial charge on any atom is 0.293 e. The van der Waals surface area contributed by atoms with Crippen molar-refractivity contribution >= 4 is 27.4 Å². The summed E-state index contributed by atoms with van der Waals surface area (Å²) in [6.45, 7) is -0.643. The van der Waals surface area contributed by atoms with Crippen molar-refractivity contribution in [1.82, 2.24) is 0 Å². The van der Waals surface area contributed by atoms with Crippen LogP contribution in [0.15, 0.2) is 23.1 Å². The monoisotopic (exact) mass is 274 g/mol. The highest BCUT2D eigenvalue weighted by molar-refractivity contribution is 7.89. The van der Waals surface area contributed by atoms with Gasteiger partial charge in [0, 0.05) is 6.07 Å². The lowest BCUT2D eigenvalue weighted by atomic mass is 10.2. The zero-order chi connectivity index (χ0) is 13.9. The third kappa shape index (κ3) is 3.40. The van der Waals surface area contributed by atoms with Gasteiger partial charge in [-0.1, -0.05) is 0 Å². The number of aliphatic carboxylic acids is 1. The number of nitrogens with zero attached hydrogens (tertiary/aromatic N) is 1. The Balaban J connectivity index is 3.21. The summed E-state index contributed by atoms with van der Waals surface area (Å²) in [4.78, 5) is 19.6. The van der Waals surface area contributed by atoms with E-state index in [0.717, 1.165) is 18.2 Å². The van der Waals surface area contributed by atoms with Crippen molar-refractivity contribution in [3.8, 4) is 0 Å². The summed E-state index contributed by atoms with van der Waals surface area (Å²) in [5, 5.41) is 28.0. The molecule has 1 aromatic rings. The molecule has 0 aliphatic heterocycles. The lowest BCUT2D eigenvalue weighted by Crippen LogP contribution is -2.30. The third-order valence-corrected chi connectivity index (χ3v) is 2.83. The molecule has 0 spiro atoms. The predicted molar refractivity (Wildman–Crippen MR) is 58.0 cm³/mol. The molecule has 9 nitrogen and oxygen atoms in total. The SMILES string of the molecule is NS(=O)(=O)c1ccc(NCC(=O)[O-])c([N+](=O)[O-])c1. The minimum Gasteiger partial charge on any atom is -0.548 e. The highest BCUT2D eigenvalue weighted by Gasteiger charge is 2.18. The van der Waals surface area contributed by atoms with Crippen LogP contribution in [0.2, 0.25) is 0 Å². The molecule has 18 heavy (non-hydrogen) atoms. The van der Waals surface area contributed by atoms with Crippen LogP contribution in [0.1, 0.15) is 0 Å². The maximum absolute atomic E-state index is 11.0. The number of primary sulfonamides is 1. The van der Waals surface area contributed by atoms with E-state index >= 15 is 0 Å². The molecule has 0 amide bonds. The summed E-state index contributed by atoms with van der Waals surface area (Å²) >= 11 is 0. The Bertz CT molecular complexity index is 597. The number of rotatable bonds is 5. The van der Waals surface area contributed by atoms with E-state index in [9.17, 15) is 28.4 Å². The number of nitro groups is 1. The van der Waals surface area contributed by atoms with E-state index in [1.807, 2.05) is 0 Å². The van der Waals surface area contributed by atoms with Crippen molar-refractivity contribution < 1.29 is 23.2 Å². The molecule has 0 radical (unpaired) electrons. The van der Waals surface area contributed by atoms with E-state index in [0.29, 0.717) is 0 Å². The number of nitrogens with one attached hydrogen (secondary N) is 1. The molecule has 1 aromatic carbocycles. The zero-order valence-corrected chi connectivity index (χ0v) is 9.64. The molecule has 0 saturated carbocycles. The maximum atomic E-state index is 11.0. The van der Waals surface area contributed by atoms with Gasteiger partial charge in [0.1, 0.15) is 5.69 Å². The standard InChI is InChI=1S/C8H9N3O6S/c9-18(16,17)5-1-2-6(10-4-8(12)13)7(3-5)11(14)15/h1-3,10H,4H2,(H,12,13)(H2,9,16,17)/p-1. The van der Waals surface area contributed by atoms with Crippen LogP contribution in [0.5, 0.6) is 0 Å². The number of sulfonamides is 1. The Morgan fingerprint density at radius 1 is 1.44 bits per heavy atom. The van der Waals surface area contributed by atoms with Crippen LogP contribution in [0.25, 0.3) is 0 Å². The summed E-state index contributed by atoms with van der Waals surface area (Å²) in [6.07, 6.45) is 0. The van der Waals surface area contributed by atoms with Crippen LogP contribution in [-0.2, 0) is 14.8 Å². The summed E-state index contributed by atoms with van der Waals surface area (Å²) in [7, 11) is -4.07. The van der Waals surface area contributed by atoms with Gasteiger partial charge >= 0.3 is 0 Å². The van der Waals surface area contributed by atoms with Crippen LogP contribution in [0, 0.1) is 10.1 Å². The molecule has 0 aliphatic rings. The lowest BCUT2D eigenvalue weighted by molar-refractivity contribution is -0.384. The van der Waals surface area contributed by atoms with Gasteiger partial charge in [0.05, 0.1) is 22.3 Å². The number of nitro benzene ring substituents is 1.